The highest BCUT2D eigenvalue weighted by Gasteiger charge is 2.24. The van der Waals surface area contributed by atoms with E-state index < -0.39 is 5.97 Å². The van der Waals surface area contributed by atoms with E-state index in [1.165, 1.54) is 7.11 Å². The summed E-state index contributed by atoms with van der Waals surface area (Å²) in [4.78, 5) is 24.8. The van der Waals surface area contributed by atoms with Crippen LogP contribution < -0.4 is 0 Å². The number of imidazole rings is 1. The number of hydrogen-bond donors (Lipinski definition) is 0. The van der Waals surface area contributed by atoms with E-state index in [0.717, 1.165) is 36.2 Å². The molecule has 0 bridgehead atoms. The Kier molecular flexibility index (Phi) is 2.77. The third-order valence-corrected chi connectivity index (χ3v) is 3.36. The third-order valence-electron chi connectivity index (χ3n) is 3.36. The Hall–Kier alpha value is -2.24. The van der Waals surface area contributed by atoms with Gasteiger partial charge >= 0.3 is 5.97 Å². The van der Waals surface area contributed by atoms with Crippen LogP contribution in [0.4, 0.5) is 0 Å². The fourth-order valence-electron chi connectivity index (χ4n) is 2.39. The fourth-order valence-corrected chi connectivity index (χ4v) is 2.39. The van der Waals surface area contributed by atoms with E-state index in [9.17, 15) is 4.79 Å². The van der Waals surface area contributed by atoms with Crippen molar-refractivity contribution in [1.82, 2.24) is 19.5 Å². The fraction of sp³-hybridized carbons (Fsp3) is 0.385. The van der Waals surface area contributed by atoms with Gasteiger partial charge in [0.05, 0.1) is 19.6 Å². The van der Waals surface area contributed by atoms with Gasteiger partial charge in [0.2, 0.25) is 0 Å². The van der Waals surface area contributed by atoms with Crippen LogP contribution in [0.2, 0.25) is 0 Å². The molecule has 98 valence electrons. The molecule has 2 aromatic heterocycles. The van der Waals surface area contributed by atoms with Crippen LogP contribution in [0.3, 0.4) is 0 Å². The smallest absolute Gasteiger partial charge is 0.357 e. The SMILES string of the molecule is COC(=O)c1nc(-c2cncn2C)nc2c1CCC2. The van der Waals surface area contributed by atoms with Crippen molar-refractivity contribution in [2.45, 2.75) is 19.3 Å². The molecular formula is C13H14N4O2. The first-order chi connectivity index (χ1) is 9.20. The lowest BCUT2D eigenvalue weighted by Gasteiger charge is -2.08. The summed E-state index contributed by atoms with van der Waals surface area (Å²) < 4.78 is 6.64. The number of carbonyl (C=O) groups is 1. The van der Waals surface area contributed by atoms with Crippen molar-refractivity contribution < 1.29 is 9.53 Å². The molecule has 0 radical (unpaired) electrons. The van der Waals surface area contributed by atoms with Gasteiger partial charge in [-0.25, -0.2) is 19.7 Å². The first-order valence-electron chi connectivity index (χ1n) is 6.15. The molecule has 2 heterocycles. The molecule has 0 saturated heterocycles. The molecule has 0 fully saturated rings. The standard InChI is InChI=1S/C13H14N4O2/c1-17-7-14-6-10(17)12-15-9-5-3-4-8(9)11(16-12)13(18)19-2/h6-7H,3-5H2,1-2H3. The average Bonchev–Trinajstić information content (AvgIpc) is 3.04. The van der Waals surface area contributed by atoms with Crippen LogP contribution in [-0.4, -0.2) is 32.6 Å². The Balaban J connectivity index is 2.18. The van der Waals surface area contributed by atoms with Crippen LogP contribution in [-0.2, 0) is 24.6 Å². The molecule has 1 aliphatic carbocycles. The second-order valence-corrected chi connectivity index (χ2v) is 4.56. The summed E-state index contributed by atoms with van der Waals surface area (Å²) in [5.41, 5.74) is 3.06. The lowest BCUT2D eigenvalue weighted by atomic mass is 10.1. The molecule has 0 saturated carbocycles. The van der Waals surface area contributed by atoms with Gasteiger partial charge in [0.1, 0.15) is 5.69 Å². The van der Waals surface area contributed by atoms with E-state index in [1.807, 2.05) is 11.6 Å². The highest BCUT2D eigenvalue weighted by molar-refractivity contribution is 5.89. The maximum Gasteiger partial charge on any atom is 0.357 e. The van der Waals surface area contributed by atoms with Crippen molar-refractivity contribution in [1.29, 1.82) is 0 Å². The third kappa shape index (κ3) is 1.89. The summed E-state index contributed by atoms with van der Waals surface area (Å²) in [6, 6.07) is 0. The summed E-state index contributed by atoms with van der Waals surface area (Å²) in [5, 5.41) is 0. The predicted molar refractivity (Wildman–Crippen MR) is 67.6 cm³/mol. The molecule has 6 nitrogen and oxygen atoms in total. The summed E-state index contributed by atoms with van der Waals surface area (Å²) in [6.07, 6.45) is 6.10. The molecular weight excluding hydrogens is 244 g/mol. The number of carbonyl (C=O) groups excluding carboxylic acids is 1. The van der Waals surface area contributed by atoms with Crippen LogP contribution >= 0.6 is 0 Å². The Labute approximate surface area is 110 Å². The minimum atomic E-state index is -0.399. The topological polar surface area (TPSA) is 69.9 Å². The Morgan fingerprint density at radius 3 is 2.89 bits per heavy atom. The number of aryl methyl sites for hydroxylation is 2. The van der Waals surface area contributed by atoms with Gasteiger partial charge in [-0.3, -0.25) is 0 Å². The number of aromatic nitrogens is 4. The van der Waals surface area contributed by atoms with Gasteiger partial charge in [0.15, 0.2) is 11.5 Å². The second-order valence-electron chi connectivity index (χ2n) is 4.56. The van der Waals surface area contributed by atoms with Gasteiger partial charge in [-0.05, 0) is 19.3 Å². The number of esters is 1. The van der Waals surface area contributed by atoms with Crippen LogP contribution in [0.15, 0.2) is 12.5 Å². The van der Waals surface area contributed by atoms with Crippen molar-refractivity contribution in [2.75, 3.05) is 7.11 Å². The molecule has 0 aromatic carbocycles. The maximum absolute atomic E-state index is 11.8. The van der Waals surface area contributed by atoms with Gasteiger partial charge in [0.25, 0.3) is 0 Å². The largest absolute Gasteiger partial charge is 0.464 e. The quantitative estimate of drug-likeness (QED) is 0.756. The Morgan fingerprint density at radius 2 is 2.21 bits per heavy atom. The molecule has 3 rings (SSSR count). The summed E-state index contributed by atoms with van der Waals surface area (Å²) in [5.74, 6) is 0.130. The number of methoxy groups -OCH3 is 1. The predicted octanol–water partition coefficient (Wildman–Crippen LogP) is 1.15. The minimum absolute atomic E-state index is 0.390. The van der Waals surface area contributed by atoms with Crippen LogP contribution in [0, 0.1) is 0 Å². The molecule has 2 aromatic rings. The molecule has 0 aliphatic heterocycles. The molecule has 1 aliphatic rings. The van der Waals surface area contributed by atoms with Crippen LogP contribution in [0.5, 0.6) is 0 Å². The molecule has 0 atom stereocenters. The number of fused-ring (bicyclic) bond motifs is 1. The number of ether oxygens (including phenoxy) is 1. The van der Waals surface area contributed by atoms with Crippen molar-refractivity contribution in [3.63, 3.8) is 0 Å². The van der Waals surface area contributed by atoms with E-state index >= 15 is 0 Å². The number of nitrogens with zero attached hydrogens (tertiary/aromatic N) is 4. The number of rotatable bonds is 2. The van der Waals surface area contributed by atoms with Crippen LogP contribution in [0.25, 0.3) is 11.5 Å². The van der Waals surface area contributed by atoms with Crippen molar-refractivity contribution >= 4 is 5.97 Å². The normalized spacial score (nSPS) is 13.4. The maximum atomic E-state index is 11.8. The monoisotopic (exact) mass is 258 g/mol. The van der Waals surface area contributed by atoms with Gasteiger partial charge in [-0.15, -0.1) is 0 Å². The van der Waals surface area contributed by atoms with Crippen molar-refractivity contribution in [2.24, 2.45) is 7.05 Å². The molecule has 6 heteroatoms. The van der Waals surface area contributed by atoms with Gasteiger partial charge < -0.3 is 9.30 Å². The van der Waals surface area contributed by atoms with Crippen molar-refractivity contribution in [3.05, 3.63) is 29.5 Å². The van der Waals surface area contributed by atoms with E-state index in [2.05, 4.69) is 15.0 Å². The van der Waals surface area contributed by atoms with Gasteiger partial charge in [-0.2, -0.15) is 0 Å². The lowest BCUT2D eigenvalue weighted by molar-refractivity contribution is 0.0592. The Morgan fingerprint density at radius 1 is 1.37 bits per heavy atom. The number of hydrogen-bond acceptors (Lipinski definition) is 5. The second kappa shape index (κ2) is 4.46. The zero-order valence-electron chi connectivity index (χ0n) is 10.9. The van der Waals surface area contributed by atoms with Crippen LogP contribution in [0.1, 0.15) is 28.2 Å². The molecule has 0 unspecified atom stereocenters. The molecule has 0 N–H and O–H groups in total. The first-order valence-corrected chi connectivity index (χ1v) is 6.15. The summed E-state index contributed by atoms with van der Waals surface area (Å²) in [7, 11) is 3.24. The zero-order valence-corrected chi connectivity index (χ0v) is 10.9. The van der Waals surface area contributed by atoms with E-state index in [0.29, 0.717) is 11.5 Å². The summed E-state index contributed by atoms with van der Waals surface area (Å²) >= 11 is 0. The van der Waals surface area contributed by atoms with Gasteiger partial charge in [-0.1, -0.05) is 0 Å². The van der Waals surface area contributed by atoms with Crippen molar-refractivity contribution in [3.8, 4) is 11.5 Å². The van der Waals surface area contributed by atoms with E-state index in [4.69, 9.17) is 4.74 Å². The van der Waals surface area contributed by atoms with E-state index in [1.54, 1.807) is 12.5 Å². The highest BCUT2D eigenvalue weighted by atomic mass is 16.5. The zero-order chi connectivity index (χ0) is 13.4. The average molecular weight is 258 g/mol. The highest BCUT2D eigenvalue weighted by Crippen LogP contribution is 2.26. The van der Waals surface area contributed by atoms with Gasteiger partial charge in [0, 0.05) is 18.3 Å². The van der Waals surface area contributed by atoms with E-state index in [-0.39, 0.29) is 0 Å². The molecule has 0 amide bonds. The Bertz CT molecular complexity index is 648. The minimum Gasteiger partial charge on any atom is -0.464 e. The molecule has 19 heavy (non-hydrogen) atoms. The lowest BCUT2D eigenvalue weighted by Crippen LogP contribution is -2.12. The summed E-state index contributed by atoms with van der Waals surface area (Å²) in [6.45, 7) is 0. The first kappa shape index (κ1) is 11.8. The molecule has 0 spiro atoms.